The summed E-state index contributed by atoms with van der Waals surface area (Å²) < 4.78 is 10.1. The van der Waals surface area contributed by atoms with E-state index in [0.29, 0.717) is 31.7 Å². The monoisotopic (exact) mass is 508 g/mol. The molecule has 13 heteroatoms. The number of nitrogens with one attached hydrogen (secondary N) is 1. The van der Waals surface area contributed by atoms with Crippen molar-refractivity contribution in [3.05, 3.63) is 23.8 Å². The molecule has 1 fully saturated rings. The molecule has 1 N–H and O–H groups in total. The summed E-state index contributed by atoms with van der Waals surface area (Å²) in [4.78, 5) is 58.3. The van der Waals surface area contributed by atoms with Crippen molar-refractivity contribution < 1.29 is 103 Å². The Labute approximate surface area is 247 Å². The molecule has 1 aliphatic rings. The van der Waals surface area contributed by atoms with Crippen LogP contribution in [0, 0.1) is 5.92 Å². The van der Waals surface area contributed by atoms with Crippen LogP contribution in [0.4, 0.5) is 0 Å². The van der Waals surface area contributed by atoms with Crippen LogP contribution in [0.1, 0.15) is 43.0 Å². The first-order valence-electron chi connectivity index (χ1n) is 10.5. The summed E-state index contributed by atoms with van der Waals surface area (Å²) in [7, 11) is 0. The molecule has 2 amide bonds. The summed E-state index contributed by atoms with van der Waals surface area (Å²) in [6.07, 6.45) is 3.66. The standard InChI is InChI=1S/C22H28N2O9.2Na/c1-14(26)23-9-15-2-5-17(6-3-15)24(13-25)10-18(27)16-4-7-19(32-11-21(28)29)20(8-16)33-12-22(30)31;;/h4,7-8,13,15,17H,2-3,5-6,9-12H2,1H3,(H,23,26)(H,28,29)(H,30,31);;/q;2*+1/p-2. The molecule has 35 heavy (non-hydrogen) atoms. The number of carboxylic acids is 2. The molecular formula is C22H26N2Na2O9. The molecule has 1 saturated carbocycles. The molecule has 1 aromatic carbocycles. The van der Waals surface area contributed by atoms with Crippen LogP contribution in [0.2, 0.25) is 0 Å². The van der Waals surface area contributed by atoms with E-state index in [1.165, 1.54) is 30.0 Å². The second-order valence-electron chi connectivity index (χ2n) is 7.80. The van der Waals surface area contributed by atoms with Gasteiger partial charge in [0.2, 0.25) is 12.3 Å². The normalized spacial score (nSPS) is 16.5. The molecule has 180 valence electrons. The van der Waals surface area contributed by atoms with E-state index < -0.39 is 30.9 Å². The maximum atomic E-state index is 12.8. The van der Waals surface area contributed by atoms with Gasteiger partial charge in [-0.25, -0.2) is 0 Å². The number of hydrogen-bond donors (Lipinski definition) is 1. The fraction of sp³-hybridized carbons (Fsp3) is 0.500. The number of aliphatic carboxylic acids is 2. The fourth-order valence-electron chi connectivity index (χ4n) is 3.67. The number of ether oxygens (including phenoxy) is 2. The molecule has 0 unspecified atom stereocenters. The van der Waals surface area contributed by atoms with Gasteiger partial charge >= 0.3 is 59.1 Å². The molecule has 1 aliphatic carbocycles. The summed E-state index contributed by atoms with van der Waals surface area (Å²) in [5.41, 5.74) is 0.135. The molecule has 2 rings (SSSR count). The number of rotatable bonds is 13. The first-order valence-corrected chi connectivity index (χ1v) is 10.5. The SMILES string of the molecule is CC(=O)NCC1CCC(N(C=O)CC(=O)c2ccc(OCC(=O)[O-])c(OCC(=O)[O-])c2)CC1.[Na+].[Na+]. The zero-order valence-corrected chi connectivity index (χ0v) is 24.2. The van der Waals surface area contributed by atoms with Gasteiger partial charge in [0.05, 0.1) is 18.5 Å². The number of nitrogens with zero attached hydrogens (tertiary/aromatic N) is 1. The molecular weight excluding hydrogens is 482 g/mol. The van der Waals surface area contributed by atoms with Crippen LogP contribution in [-0.2, 0) is 19.2 Å². The van der Waals surface area contributed by atoms with Crippen LogP contribution in [0.25, 0.3) is 0 Å². The van der Waals surface area contributed by atoms with Crippen molar-refractivity contribution in [1.29, 1.82) is 0 Å². The number of hydrogen-bond acceptors (Lipinski definition) is 9. The van der Waals surface area contributed by atoms with Gasteiger partial charge in [0, 0.05) is 25.1 Å². The first kappa shape index (κ1) is 33.4. The fourth-order valence-corrected chi connectivity index (χ4v) is 3.67. The second kappa shape index (κ2) is 16.9. The Morgan fingerprint density at radius 3 is 2.09 bits per heavy atom. The van der Waals surface area contributed by atoms with Crippen molar-refractivity contribution in [3.63, 3.8) is 0 Å². The van der Waals surface area contributed by atoms with Gasteiger partial charge in [-0.3, -0.25) is 14.4 Å². The average molecular weight is 508 g/mol. The van der Waals surface area contributed by atoms with Crippen molar-refractivity contribution in [1.82, 2.24) is 10.2 Å². The van der Waals surface area contributed by atoms with Crippen molar-refractivity contribution >= 4 is 30.0 Å². The third-order valence-electron chi connectivity index (χ3n) is 5.34. The smallest absolute Gasteiger partial charge is 0.546 e. The van der Waals surface area contributed by atoms with Gasteiger partial charge in [-0.1, -0.05) is 0 Å². The van der Waals surface area contributed by atoms with Gasteiger partial charge in [-0.05, 0) is 49.8 Å². The molecule has 0 aromatic heterocycles. The van der Waals surface area contributed by atoms with E-state index in [2.05, 4.69) is 5.32 Å². The van der Waals surface area contributed by atoms with E-state index in [-0.39, 0.29) is 94.7 Å². The van der Waals surface area contributed by atoms with Gasteiger partial charge in [-0.15, -0.1) is 0 Å². The number of carbonyl (C=O) groups excluding carboxylic acids is 5. The van der Waals surface area contributed by atoms with E-state index in [9.17, 15) is 34.2 Å². The van der Waals surface area contributed by atoms with Crippen molar-refractivity contribution in [2.45, 2.75) is 38.6 Å². The minimum absolute atomic E-state index is 0. The predicted molar refractivity (Wildman–Crippen MR) is 109 cm³/mol. The van der Waals surface area contributed by atoms with Crippen LogP contribution in [0.5, 0.6) is 11.5 Å². The van der Waals surface area contributed by atoms with Crippen LogP contribution in [0.3, 0.4) is 0 Å². The Morgan fingerprint density at radius 1 is 1.00 bits per heavy atom. The number of benzene rings is 1. The van der Waals surface area contributed by atoms with Gasteiger partial charge in [0.15, 0.2) is 17.3 Å². The number of ketones is 1. The zero-order chi connectivity index (χ0) is 24.4. The first-order chi connectivity index (χ1) is 15.7. The van der Waals surface area contributed by atoms with E-state index >= 15 is 0 Å². The summed E-state index contributed by atoms with van der Waals surface area (Å²) in [6, 6.07) is 3.76. The van der Waals surface area contributed by atoms with Crippen molar-refractivity contribution in [3.8, 4) is 11.5 Å². The number of carbonyl (C=O) groups is 5. The summed E-state index contributed by atoms with van der Waals surface area (Å²) in [6.45, 7) is 0.231. The summed E-state index contributed by atoms with van der Waals surface area (Å²) in [5.74, 6) is -3.41. The van der Waals surface area contributed by atoms with E-state index in [4.69, 9.17) is 9.47 Å². The van der Waals surface area contributed by atoms with Crippen LogP contribution < -0.4 is 84.1 Å². The molecule has 11 nitrogen and oxygen atoms in total. The molecule has 0 aliphatic heterocycles. The molecule has 0 radical (unpaired) electrons. The molecule has 1 aromatic rings. The summed E-state index contributed by atoms with van der Waals surface area (Å²) in [5, 5.41) is 24.1. The Bertz CT molecular complexity index is 890. The Morgan fingerprint density at radius 2 is 1.57 bits per heavy atom. The predicted octanol–water partition coefficient (Wildman–Crippen LogP) is -7.71. The van der Waals surface area contributed by atoms with E-state index in [1.54, 1.807) is 0 Å². The van der Waals surface area contributed by atoms with Gasteiger partial charge in [0.25, 0.3) is 0 Å². The third kappa shape index (κ3) is 11.8. The number of amides is 2. The zero-order valence-electron chi connectivity index (χ0n) is 20.2. The largest absolute Gasteiger partial charge is 1.00 e. The maximum absolute atomic E-state index is 12.8. The molecule has 0 atom stereocenters. The molecule has 0 bridgehead atoms. The second-order valence-corrected chi connectivity index (χ2v) is 7.80. The average Bonchev–Trinajstić information content (AvgIpc) is 2.78. The molecule has 0 spiro atoms. The van der Waals surface area contributed by atoms with Crippen LogP contribution in [0.15, 0.2) is 18.2 Å². The quantitative estimate of drug-likeness (QED) is 0.155. The Hall–Kier alpha value is -1.63. The third-order valence-corrected chi connectivity index (χ3v) is 5.34. The minimum atomic E-state index is -1.51. The van der Waals surface area contributed by atoms with Gasteiger partial charge in [0.1, 0.15) is 13.2 Å². The van der Waals surface area contributed by atoms with Gasteiger partial charge in [-0.2, -0.15) is 0 Å². The minimum Gasteiger partial charge on any atom is -0.546 e. The number of Topliss-reactive ketones (excluding diaryl/α,β-unsaturated/α-hetero) is 1. The maximum Gasteiger partial charge on any atom is 1.00 e. The van der Waals surface area contributed by atoms with Crippen LogP contribution in [-0.4, -0.2) is 67.3 Å². The Balaban J connectivity index is 0.00000578. The molecule has 0 heterocycles. The summed E-state index contributed by atoms with van der Waals surface area (Å²) >= 11 is 0. The Kier molecular flexibility index (Phi) is 16.1. The topological polar surface area (TPSA) is 165 Å². The van der Waals surface area contributed by atoms with E-state index in [1.807, 2.05) is 0 Å². The van der Waals surface area contributed by atoms with Crippen molar-refractivity contribution in [2.24, 2.45) is 5.92 Å². The van der Waals surface area contributed by atoms with Crippen LogP contribution >= 0.6 is 0 Å². The van der Waals surface area contributed by atoms with E-state index in [0.717, 1.165) is 12.8 Å². The van der Waals surface area contributed by atoms with Crippen molar-refractivity contribution in [2.75, 3.05) is 26.3 Å². The number of carboxylic acid groups (broad SMARTS) is 2. The molecule has 0 saturated heterocycles. The van der Waals surface area contributed by atoms with Gasteiger partial charge < -0.3 is 39.5 Å².